The summed E-state index contributed by atoms with van der Waals surface area (Å²) >= 11 is 1.52. The Balaban J connectivity index is 1.57. The summed E-state index contributed by atoms with van der Waals surface area (Å²) in [5, 5.41) is 8.26. The number of aromatic nitrogens is 2. The molecule has 0 bridgehead atoms. The van der Waals surface area contributed by atoms with Crippen LogP contribution in [0.3, 0.4) is 0 Å². The minimum absolute atomic E-state index is 0.0378. The third-order valence-electron chi connectivity index (χ3n) is 3.68. The normalized spacial score (nSPS) is 11.3. The van der Waals surface area contributed by atoms with Crippen molar-refractivity contribution in [2.45, 2.75) is 17.9 Å². The van der Waals surface area contributed by atoms with Crippen LogP contribution in [-0.4, -0.2) is 37.3 Å². The van der Waals surface area contributed by atoms with Crippen molar-refractivity contribution in [3.63, 3.8) is 0 Å². The van der Waals surface area contributed by atoms with E-state index < -0.39 is 15.7 Å². The van der Waals surface area contributed by atoms with E-state index in [-0.39, 0.29) is 28.8 Å². The molecule has 3 aromatic rings. The van der Waals surface area contributed by atoms with Gasteiger partial charge in [0.05, 0.1) is 24.3 Å². The highest BCUT2D eigenvalue weighted by Crippen LogP contribution is 2.17. The summed E-state index contributed by atoms with van der Waals surface area (Å²) in [6.07, 6.45) is 0.0378. The molecule has 1 N–H and O–H groups in total. The first-order chi connectivity index (χ1) is 13.0. The number of sulfone groups is 1. The number of amides is 1. The van der Waals surface area contributed by atoms with Crippen LogP contribution < -0.4 is 10.1 Å². The van der Waals surface area contributed by atoms with Crippen LogP contribution in [0.15, 0.2) is 51.2 Å². The Morgan fingerprint density at radius 3 is 2.70 bits per heavy atom. The number of hydrogen-bond acceptors (Lipinski definition) is 8. The van der Waals surface area contributed by atoms with Crippen molar-refractivity contribution in [3.05, 3.63) is 58.4 Å². The first-order valence-corrected chi connectivity index (χ1v) is 10.5. The fourth-order valence-electron chi connectivity index (χ4n) is 2.23. The van der Waals surface area contributed by atoms with Crippen molar-refractivity contribution in [2.75, 3.05) is 12.9 Å². The van der Waals surface area contributed by atoms with Crippen molar-refractivity contribution < 1.29 is 22.5 Å². The van der Waals surface area contributed by atoms with E-state index in [1.54, 1.807) is 12.1 Å². The van der Waals surface area contributed by atoms with Crippen LogP contribution in [-0.2, 0) is 22.8 Å². The Bertz CT molecular complexity index is 996. The van der Waals surface area contributed by atoms with Gasteiger partial charge < -0.3 is 14.6 Å². The lowest BCUT2D eigenvalue weighted by molar-refractivity contribution is 0.0907. The number of nitrogens with zero attached hydrogens (tertiary/aromatic N) is 2. The molecule has 0 unspecified atom stereocenters. The quantitative estimate of drug-likeness (QED) is 0.608. The monoisotopic (exact) mass is 407 g/mol. The van der Waals surface area contributed by atoms with Crippen molar-refractivity contribution >= 4 is 27.1 Å². The van der Waals surface area contributed by atoms with E-state index >= 15 is 0 Å². The molecule has 1 aromatic carbocycles. The van der Waals surface area contributed by atoms with Crippen molar-refractivity contribution in [2.24, 2.45) is 0 Å². The molecule has 0 aliphatic rings. The summed E-state index contributed by atoms with van der Waals surface area (Å²) in [6.45, 7) is 0.361. The molecule has 0 atom stereocenters. The predicted octanol–water partition coefficient (Wildman–Crippen LogP) is 2.09. The first-order valence-electron chi connectivity index (χ1n) is 7.98. The average Bonchev–Trinajstić information content (AvgIpc) is 3.36. The molecule has 0 aliphatic heterocycles. The Hall–Kier alpha value is -2.72. The molecule has 2 heterocycles. The smallest absolute Gasteiger partial charge is 0.315 e. The number of thiophene rings is 1. The summed E-state index contributed by atoms with van der Waals surface area (Å²) in [7, 11) is -2.00. The fraction of sp³-hybridized carbons (Fsp3) is 0.235. The zero-order valence-electron chi connectivity index (χ0n) is 14.4. The molecule has 1 amide bonds. The molecule has 3 rings (SSSR count). The minimum Gasteiger partial charge on any atom is -0.497 e. The van der Waals surface area contributed by atoms with Gasteiger partial charge in [-0.05, 0) is 35.7 Å². The molecule has 0 saturated carbocycles. The van der Waals surface area contributed by atoms with Crippen LogP contribution in [0.2, 0.25) is 0 Å². The van der Waals surface area contributed by atoms with Gasteiger partial charge in [0, 0.05) is 11.3 Å². The van der Waals surface area contributed by atoms with Gasteiger partial charge in [0.15, 0.2) is 15.7 Å². The Kier molecular flexibility index (Phi) is 5.87. The third kappa shape index (κ3) is 4.92. The Morgan fingerprint density at radius 1 is 1.26 bits per heavy atom. The van der Waals surface area contributed by atoms with Crippen molar-refractivity contribution in [1.29, 1.82) is 0 Å². The Morgan fingerprint density at radius 2 is 2.04 bits per heavy atom. The van der Waals surface area contributed by atoms with Crippen molar-refractivity contribution in [3.8, 4) is 5.75 Å². The lowest BCUT2D eigenvalue weighted by Crippen LogP contribution is -2.22. The number of carbonyl (C=O) groups is 1. The van der Waals surface area contributed by atoms with E-state index in [1.807, 2.05) is 17.5 Å². The molecule has 2 aromatic heterocycles. The number of carbonyl (C=O) groups excluding carboxylic acids is 1. The number of nitrogens with one attached hydrogen (secondary N) is 1. The standard InChI is InChI=1S/C17H17N3O5S2/c1-24-12-4-6-14(7-5-12)27(22,23)10-8-15-19-17(25-20-15)16(21)18-11-13-3-2-9-26-13/h2-7,9H,8,10-11H2,1H3,(H,18,21). The topological polar surface area (TPSA) is 111 Å². The van der Waals surface area contributed by atoms with E-state index in [4.69, 9.17) is 9.26 Å². The molecular weight excluding hydrogens is 390 g/mol. The highest BCUT2D eigenvalue weighted by molar-refractivity contribution is 7.91. The third-order valence-corrected chi connectivity index (χ3v) is 6.29. The minimum atomic E-state index is -3.51. The van der Waals surface area contributed by atoms with Crippen LogP contribution in [0.1, 0.15) is 21.4 Å². The number of rotatable bonds is 8. The number of aryl methyl sites for hydroxylation is 1. The zero-order chi connectivity index (χ0) is 19.3. The van der Waals surface area contributed by atoms with Gasteiger partial charge in [-0.2, -0.15) is 4.98 Å². The van der Waals surface area contributed by atoms with Gasteiger partial charge in [-0.3, -0.25) is 4.79 Å². The molecule has 0 spiro atoms. The van der Waals surface area contributed by atoms with E-state index in [0.717, 1.165) is 4.88 Å². The van der Waals surface area contributed by atoms with E-state index in [1.165, 1.54) is 30.6 Å². The number of benzene rings is 1. The summed E-state index contributed by atoms with van der Waals surface area (Å²) in [5.41, 5.74) is 0. The molecule has 10 heteroatoms. The maximum Gasteiger partial charge on any atom is 0.315 e. The summed E-state index contributed by atoms with van der Waals surface area (Å²) in [6, 6.07) is 9.91. The fourth-order valence-corrected chi connectivity index (χ4v) is 4.11. The van der Waals surface area contributed by atoms with E-state index in [9.17, 15) is 13.2 Å². The van der Waals surface area contributed by atoms with Crippen LogP contribution in [0.25, 0.3) is 0 Å². The van der Waals surface area contributed by atoms with Gasteiger partial charge in [-0.15, -0.1) is 11.3 Å². The summed E-state index contributed by atoms with van der Waals surface area (Å²) < 4.78 is 34.7. The van der Waals surface area contributed by atoms with Gasteiger partial charge >= 0.3 is 11.8 Å². The van der Waals surface area contributed by atoms with Gasteiger partial charge in [0.1, 0.15) is 5.75 Å². The molecule has 0 aliphatic carbocycles. The predicted molar refractivity (Wildman–Crippen MR) is 98.5 cm³/mol. The van der Waals surface area contributed by atoms with Gasteiger partial charge in [0.25, 0.3) is 0 Å². The SMILES string of the molecule is COc1ccc(S(=O)(=O)CCc2noc(C(=O)NCc3cccs3)n2)cc1. The number of methoxy groups -OCH3 is 1. The summed E-state index contributed by atoms with van der Waals surface area (Å²) in [4.78, 5) is 17.1. The summed E-state index contributed by atoms with van der Waals surface area (Å²) in [5.74, 6) is -0.156. The van der Waals surface area contributed by atoms with Crippen molar-refractivity contribution in [1.82, 2.24) is 15.5 Å². The molecule has 0 radical (unpaired) electrons. The maximum absolute atomic E-state index is 12.4. The van der Waals surface area contributed by atoms with Crippen LogP contribution in [0.4, 0.5) is 0 Å². The molecule has 142 valence electrons. The van der Waals surface area contributed by atoms with Gasteiger partial charge in [-0.25, -0.2) is 8.42 Å². The zero-order valence-corrected chi connectivity index (χ0v) is 16.0. The highest BCUT2D eigenvalue weighted by atomic mass is 32.2. The molecular formula is C17H17N3O5S2. The Labute approximate surface area is 160 Å². The van der Waals surface area contributed by atoms with Crippen LogP contribution >= 0.6 is 11.3 Å². The lowest BCUT2D eigenvalue weighted by Gasteiger charge is -2.04. The molecule has 0 saturated heterocycles. The average molecular weight is 407 g/mol. The first kappa shape index (κ1) is 19.1. The second kappa shape index (κ2) is 8.31. The van der Waals surface area contributed by atoms with Gasteiger partial charge in [-0.1, -0.05) is 11.2 Å². The van der Waals surface area contributed by atoms with Gasteiger partial charge in [0.2, 0.25) is 0 Å². The highest BCUT2D eigenvalue weighted by Gasteiger charge is 2.19. The van der Waals surface area contributed by atoms with Crippen LogP contribution in [0.5, 0.6) is 5.75 Å². The molecule has 8 nitrogen and oxygen atoms in total. The second-order valence-electron chi connectivity index (χ2n) is 5.52. The van der Waals surface area contributed by atoms with Crippen LogP contribution in [0, 0.1) is 0 Å². The van der Waals surface area contributed by atoms with E-state index in [0.29, 0.717) is 12.3 Å². The second-order valence-corrected chi connectivity index (χ2v) is 8.66. The van der Waals surface area contributed by atoms with E-state index in [2.05, 4.69) is 15.5 Å². The molecule has 27 heavy (non-hydrogen) atoms. The molecule has 0 fully saturated rings. The lowest BCUT2D eigenvalue weighted by atomic mass is 10.3. The maximum atomic E-state index is 12.4. The number of ether oxygens (including phenoxy) is 1. The number of hydrogen-bond donors (Lipinski definition) is 1. The largest absolute Gasteiger partial charge is 0.497 e.